The maximum atomic E-state index is 12.2. The van der Waals surface area contributed by atoms with E-state index in [4.69, 9.17) is 0 Å². The van der Waals surface area contributed by atoms with Crippen LogP contribution in [0.5, 0.6) is 0 Å². The zero-order valence-corrected chi connectivity index (χ0v) is 10.0. The van der Waals surface area contributed by atoms with E-state index >= 15 is 0 Å². The lowest BCUT2D eigenvalue weighted by atomic mass is 10.2. The smallest absolute Gasteiger partial charge is 0.296 e. The molecule has 0 N–H and O–H groups in total. The molecule has 2 rings (SSSR count). The van der Waals surface area contributed by atoms with Crippen LogP contribution in [0.4, 0.5) is 13.2 Å². The van der Waals surface area contributed by atoms with Crippen LogP contribution >= 0.6 is 0 Å². The fraction of sp³-hybridized carbons (Fsp3) is 0.583. The van der Waals surface area contributed by atoms with Crippen molar-refractivity contribution in [3.05, 3.63) is 30.1 Å². The van der Waals surface area contributed by atoms with Gasteiger partial charge in [0.25, 0.3) is 0 Å². The Kier molecular flexibility index (Phi) is 4.19. The largest absolute Gasteiger partial charge is 0.401 e. The van der Waals surface area contributed by atoms with Crippen molar-refractivity contribution in [1.82, 2.24) is 14.8 Å². The number of alkyl halides is 3. The van der Waals surface area contributed by atoms with Gasteiger partial charge in [0.05, 0.1) is 6.54 Å². The second-order valence-electron chi connectivity index (χ2n) is 4.53. The van der Waals surface area contributed by atoms with E-state index in [2.05, 4.69) is 9.88 Å². The van der Waals surface area contributed by atoms with Crippen LogP contribution in [-0.4, -0.2) is 53.7 Å². The molecular weight excluding hydrogens is 243 g/mol. The van der Waals surface area contributed by atoms with Gasteiger partial charge in [0.2, 0.25) is 0 Å². The Morgan fingerprint density at radius 2 is 1.78 bits per heavy atom. The monoisotopic (exact) mass is 259 g/mol. The molecule has 6 heteroatoms. The molecule has 0 aliphatic carbocycles. The number of aromatic nitrogens is 1. The molecule has 1 saturated heterocycles. The number of hydrogen-bond acceptors (Lipinski definition) is 3. The number of nitrogens with zero attached hydrogens (tertiary/aromatic N) is 3. The molecule has 0 radical (unpaired) electrons. The topological polar surface area (TPSA) is 19.4 Å². The molecule has 1 aliphatic rings. The summed E-state index contributed by atoms with van der Waals surface area (Å²) in [4.78, 5) is 7.64. The number of pyridine rings is 1. The number of hydrogen-bond donors (Lipinski definition) is 0. The van der Waals surface area contributed by atoms with Gasteiger partial charge in [-0.1, -0.05) is 6.07 Å². The van der Waals surface area contributed by atoms with Crippen molar-refractivity contribution in [2.24, 2.45) is 0 Å². The molecule has 0 spiro atoms. The van der Waals surface area contributed by atoms with Gasteiger partial charge < -0.3 is 0 Å². The summed E-state index contributed by atoms with van der Waals surface area (Å²) >= 11 is 0. The van der Waals surface area contributed by atoms with Gasteiger partial charge >= 0.3 is 6.18 Å². The fourth-order valence-corrected chi connectivity index (χ4v) is 2.11. The van der Waals surface area contributed by atoms with Gasteiger partial charge in [-0.15, -0.1) is 0 Å². The van der Waals surface area contributed by atoms with E-state index in [1.54, 1.807) is 12.4 Å². The van der Waals surface area contributed by atoms with Crippen LogP contribution in [0.2, 0.25) is 0 Å². The molecule has 0 aromatic carbocycles. The maximum Gasteiger partial charge on any atom is 0.401 e. The Labute approximate surface area is 104 Å². The molecule has 100 valence electrons. The average Bonchev–Trinajstić information content (AvgIpc) is 2.31. The molecule has 1 aliphatic heterocycles. The summed E-state index contributed by atoms with van der Waals surface area (Å²) in [6, 6.07) is 3.85. The zero-order valence-electron chi connectivity index (χ0n) is 10.0. The molecule has 0 amide bonds. The number of rotatable bonds is 3. The zero-order chi connectivity index (χ0) is 13.0. The predicted octanol–water partition coefficient (Wildman–Crippen LogP) is 1.76. The van der Waals surface area contributed by atoms with E-state index < -0.39 is 12.7 Å². The lowest BCUT2D eigenvalue weighted by Crippen LogP contribution is -2.48. The quantitative estimate of drug-likeness (QED) is 0.824. The highest BCUT2D eigenvalue weighted by Crippen LogP contribution is 2.17. The van der Waals surface area contributed by atoms with Crippen molar-refractivity contribution in [2.75, 3.05) is 32.7 Å². The van der Waals surface area contributed by atoms with E-state index in [1.165, 1.54) is 4.90 Å². The molecular formula is C12H16F3N3. The number of piperazine rings is 1. The molecule has 0 bridgehead atoms. The molecule has 1 aromatic rings. The summed E-state index contributed by atoms with van der Waals surface area (Å²) in [5.74, 6) is 0. The summed E-state index contributed by atoms with van der Waals surface area (Å²) in [5.41, 5.74) is 1.10. The second kappa shape index (κ2) is 5.67. The molecule has 0 atom stereocenters. The van der Waals surface area contributed by atoms with E-state index in [0.717, 1.165) is 12.1 Å². The van der Waals surface area contributed by atoms with Crippen molar-refractivity contribution < 1.29 is 13.2 Å². The van der Waals surface area contributed by atoms with Crippen LogP contribution in [0.1, 0.15) is 5.56 Å². The lowest BCUT2D eigenvalue weighted by molar-refractivity contribution is -0.149. The van der Waals surface area contributed by atoms with E-state index in [9.17, 15) is 13.2 Å². The highest BCUT2D eigenvalue weighted by atomic mass is 19.4. The summed E-state index contributed by atoms with van der Waals surface area (Å²) in [5, 5.41) is 0. The Morgan fingerprint density at radius 1 is 1.11 bits per heavy atom. The van der Waals surface area contributed by atoms with Crippen molar-refractivity contribution in [3.8, 4) is 0 Å². The van der Waals surface area contributed by atoms with Gasteiger partial charge in [-0.2, -0.15) is 13.2 Å². The summed E-state index contributed by atoms with van der Waals surface area (Å²) in [7, 11) is 0. The highest BCUT2D eigenvalue weighted by molar-refractivity contribution is 5.08. The molecule has 0 saturated carbocycles. The van der Waals surface area contributed by atoms with Gasteiger partial charge in [-0.05, 0) is 11.6 Å². The van der Waals surface area contributed by atoms with Crippen molar-refractivity contribution in [3.63, 3.8) is 0 Å². The minimum Gasteiger partial charge on any atom is -0.296 e. The molecule has 18 heavy (non-hydrogen) atoms. The van der Waals surface area contributed by atoms with Gasteiger partial charge in [-0.3, -0.25) is 14.8 Å². The summed E-state index contributed by atoms with van der Waals surface area (Å²) < 4.78 is 36.7. The minimum absolute atomic E-state index is 0.472. The molecule has 1 fully saturated rings. The SMILES string of the molecule is FC(F)(F)CN1CCN(Cc2cccnc2)CC1. The van der Waals surface area contributed by atoms with Gasteiger partial charge in [0, 0.05) is 45.1 Å². The average molecular weight is 259 g/mol. The van der Waals surface area contributed by atoms with Crippen LogP contribution in [0.3, 0.4) is 0 Å². The predicted molar refractivity (Wildman–Crippen MR) is 62.0 cm³/mol. The first kappa shape index (κ1) is 13.3. The van der Waals surface area contributed by atoms with Crippen LogP contribution in [-0.2, 0) is 6.54 Å². The summed E-state index contributed by atoms with van der Waals surface area (Å²) in [6.45, 7) is 2.25. The minimum atomic E-state index is -4.09. The van der Waals surface area contributed by atoms with Gasteiger partial charge in [0.1, 0.15) is 0 Å². The molecule has 1 aromatic heterocycles. The Morgan fingerprint density at radius 3 is 2.33 bits per heavy atom. The van der Waals surface area contributed by atoms with Crippen LogP contribution in [0.25, 0.3) is 0 Å². The lowest BCUT2D eigenvalue weighted by Gasteiger charge is -2.34. The standard InChI is InChI=1S/C12H16F3N3/c13-12(14,15)10-18-6-4-17(5-7-18)9-11-2-1-3-16-8-11/h1-3,8H,4-7,9-10H2. The third kappa shape index (κ3) is 4.27. The first-order chi connectivity index (χ1) is 8.53. The van der Waals surface area contributed by atoms with E-state index in [-0.39, 0.29) is 0 Å². The maximum absolute atomic E-state index is 12.2. The van der Waals surface area contributed by atoms with E-state index in [1.807, 2.05) is 12.1 Å². The van der Waals surface area contributed by atoms with Crippen molar-refractivity contribution >= 4 is 0 Å². The first-order valence-electron chi connectivity index (χ1n) is 5.93. The molecule has 3 nitrogen and oxygen atoms in total. The highest BCUT2D eigenvalue weighted by Gasteiger charge is 2.31. The Hall–Kier alpha value is -1.14. The normalized spacial score (nSPS) is 19.1. The van der Waals surface area contributed by atoms with Gasteiger partial charge in [0.15, 0.2) is 0 Å². The van der Waals surface area contributed by atoms with E-state index in [0.29, 0.717) is 26.2 Å². The van der Waals surface area contributed by atoms with Crippen LogP contribution < -0.4 is 0 Å². The molecule has 0 unspecified atom stereocenters. The third-order valence-corrected chi connectivity index (χ3v) is 3.00. The van der Waals surface area contributed by atoms with Gasteiger partial charge in [-0.25, -0.2) is 0 Å². The first-order valence-corrected chi connectivity index (χ1v) is 5.93. The third-order valence-electron chi connectivity index (χ3n) is 3.00. The Bertz CT molecular complexity index is 359. The molecule has 2 heterocycles. The number of halogens is 3. The van der Waals surface area contributed by atoms with Crippen molar-refractivity contribution in [1.29, 1.82) is 0 Å². The van der Waals surface area contributed by atoms with Crippen molar-refractivity contribution in [2.45, 2.75) is 12.7 Å². The fourth-order valence-electron chi connectivity index (χ4n) is 2.11. The summed E-state index contributed by atoms with van der Waals surface area (Å²) in [6.07, 6.45) is -0.585. The Balaban J connectivity index is 1.77. The second-order valence-corrected chi connectivity index (χ2v) is 4.53. The van der Waals surface area contributed by atoms with Crippen LogP contribution in [0, 0.1) is 0 Å². The van der Waals surface area contributed by atoms with Crippen LogP contribution in [0.15, 0.2) is 24.5 Å².